The molecule has 0 spiro atoms. The van der Waals surface area contributed by atoms with Crippen molar-refractivity contribution in [1.29, 1.82) is 0 Å². The Hall–Kier alpha value is 0.240. The van der Waals surface area contributed by atoms with E-state index in [4.69, 9.17) is 23.2 Å². The lowest BCUT2D eigenvalue weighted by Gasteiger charge is -2.09. The fourth-order valence-electron chi connectivity index (χ4n) is 1.48. The summed E-state index contributed by atoms with van der Waals surface area (Å²) < 4.78 is 1.64. The van der Waals surface area contributed by atoms with Gasteiger partial charge in [-0.05, 0) is 50.4 Å². The molecule has 0 radical (unpaired) electrons. The number of hydrogen-bond donors (Lipinski definition) is 1. The molecule has 86 valence electrons. The summed E-state index contributed by atoms with van der Waals surface area (Å²) in [6.07, 6.45) is 3.42. The molecule has 0 amide bonds. The van der Waals surface area contributed by atoms with Gasteiger partial charge in [0, 0.05) is 0 Å². The van der Waals surface area contributed by atoms with Gasteiger partial charge in [0.25, 0.3) is 0 Å². The highest BCUT2D eigenvalue weighted by molar-refractivity contribution is 7.20. The van der Waals surface area contributed by atoms with Crippen molar-refractivity contribution >= 4 is 34.5 Å². The normalized spacial score (nSPS) is 13.1. The van der Waals surface area contributed by atoms with Gasteiger partial charge in [0.2, 0.25) is 0 Å². The summed E-state index contributed by atoms with van der Waals surface area (Å²) in [7, 11) is 1.99. The largest absolute Gasteiger partial charge is 0.320 e. The highest BCUT2D eigenvalue weighted by Crippen LogP contribution is 2.32. The molecule has 1 heterocycles. The van der Waals surface area contributed by atoms with Crippen molar-refractivity contribution in [3.8, 4) is 0 Å². The first-order valence-corrected chi connectivity index (χ1v) is 6.79. The molecule has 15 heavy (non-hydrogen) atoms. The summed E-state index contributed by atoms with van der Waals surface area (Å²) in [6, 6.07) is 1.99. The Labute approximate surface area is 106 Å². The zero-order valence-electron chi connectivity index (χ0n) is 9.15. The molecule has 1 atom stereocenters. The van der Waals surface area contributed by atoms with E-state index >= 15 is 0 Å². The van der Waals surface area contributed by atoms with E-state index in [-0.39, 0.29) is 0 Å². The zero-order valence-corrected chi connectivity index (χ0v) is 11.5. The van der Waals surface area contributed by atoms with Crippen LogP contribution in [0.3, 0.4) is 0 Å². The summed E-state index contributed by atoms with van der Waals surface area (Å²) in [5.74, 6) is 0.729. The van der Waals surface area contributed by atoms with Gasteiger partial charge >= 0.3 is 0 Å². The Kier molecular flexibility index (Phi) is 5.98. The van der Waals surface area contributed by atoms with Crippen molar-refractivity contribution in [2.75, 3.05) is 13.6 Å². The average Bonchev–Trinajstić information content (AvgIpc) is 2.51. The van der Waals surface area contributed by atoms with Gasteiger partial charge in [-0.3, -0.25) is 0 Å². The number of rotatable bonds is 6. The molecule has 0 aliphatic carbocycles. The molecule has 0 aliphatic heterocycles. The minimum absolute atomic E-state index is 0.729. The van der Waals surface area contributed by atoms with Gasteiger partial charge in [-0.25, -0.2) is 0 Å². The Morgan fingerprint density at radius 3 is 2.67 bits per heavy atom. The molecule has 0 fully saturated rings. The van der Waals surface area contributed by atoms with Crippen LogP contribution in [0.15, 0.2) is 6.07 Å². The van der Waals surface area contributed by atoms with Crippen LogP contribution in [0.1, 0.15) is 25.3 Å². The van der Waals surface area contributed by atoms with Crippen molar-refractivity contribution in [2.24, 2.45) is 5.92 Å². The van der Waals surface area contributed by atoms with E-state index in [0.29, 0.717) is 0 Å². The summed E-state index contributed by atoms with van der Waals surface area (Å²) in [6.45, 7) is 3.36. The Morgan fingerprint density at radius 1 is 1.40 bits per heavy atom. The predicted molar refractivity (Wildman–Crippen MR) is 70.4 cm³/mol. The predicted octanol–water partition coefficient (Wildman–Crippen LogP) is 4.23. The molecule has 0 aromatic carbocycles. The van der Waals surface area contributed by atoms with Crippen LogP contribution >= 0.6 is 34.5 Å². The van der Waals surface area contributed by atoms with Gasteiger partial charge in [-0.2, -0.15) is 0 Å². The standard InChI is InChI=1S/C11H17Cl2NS/c1-8(5-6-14-2)3-4-9-7-10(12)15-11(9)13/h7-8,14H,3-6H2,1-2H3. The number of halogens is 2. The molecule has 1 rings (SSSR count). The van der Waals surface area contributed by atoms with Crippen molar-refractivity contribution in [3.63, 3.8) is 0 Å². The van der Waals surface area contributed by atoms with Crippen LogP contribution in [0, 0.1) is 5.92 Å². The van der Waals surface area contributed by atoms with E-state index in [0.717, 1.165) is 27.6 Å². The van der Waals surface area contributed by atoms with Crippen molar-refractivity contribution < 1.29 is 0 Å². The summed E-state index contributed by atoms with van der Waals surface area (Å²) in [4.78, 5) is 0. The third-order valence-electron chi connectivity index (χ3n) is 2.52. The molecule has 1 N–H and O–H groups in total. The SMILES string of the molecule is CNCCC(C)CCc1cc(Cl)sc1Cl. The number of thiophene rings is 1. The monoisotopic (exact) mass is 265 g/mol. The Bertz CT molecular complexity index is 299. The molecule has 1 nitrogen and oxygen atoms in total. The lowest BCUT2D eigenvalue weighted by molar-refractivity contribution is 0.482. The van der Waals surface area contributed by atoms with Gasteiger partial charge in [-0.1, -0.05) is 30.1 Å². The first kappa shape index (κ1) is 13.3. The van der Waals surface area contributed by atoms with E-state index in [1.165, 1.54) is 29.7 Å². The van der Waals surface area contributed by atoms with Crippen LogP contribution < -0.4 is 5.32 Å². The molecule has 0 bridgehead atoms. The van der Waals surface area contributed by atoms with Gasteiger partial charge in [0.15, 0.2) is 0 Å². The van der Waals surface area contributed by atoms with Crippen molar-refractivity contribution in [3.05, 3.63) is 20.3 Å². The first-order valence-electron chi connectivity index (χ1n) is 5.21. The molecular weight excluding hydrogens is 249 g/mol. The van der Waals surface area contributed by atoms with E-state index in [9.17, 15) is 0 Å². The minimum Gasteiger partial charge on any atom is -0.320 e. The lowest BCUT2D eigenvalue weighted by Crippen LogP contribution is -2.11. The van der Waals surface area contributed by atoms with Crippen LogP contribution in [0.5, 0.6) is 0 Å². The lowest BCUT2D eigenvalue weighted by atomic mass is 9.99. The third kappa shape index (κ3) is 4.73. The maximum atomic E-state index is 6.05. The van der Waals surface area contributed by atoms with Gasteiger partial charge in [0.1, 0.15) is 0 Å². The molecule has 0 aliphatic rings. The first-order chi connectivity index (χ1) is 7.13. The Morgan fingerprint density at radius 2 is 2.13 bits per heavy atom. The van der Waals surface area contributed by atoms with Crippen LogP contribution in [0.4, 0.5) is 0 Å². The molecule has 1 aromatic rings. The van der Waals surface area contributed by atoms with Crippen LogP contribution in [0.25, 0.3) is 0 Å². The summed E-state index contributed by atoms with van der Waals surface area (Å²) in [5.41, 5.74) is 1.20. The van der Waals surface area contributed by atoms with Crippen molar-refractivity contribution in [2.45, 2.75) is 26.2 Å². The molecule has 4 heteroatoms. The van der Waals surface area contributed by atoms with E-state index in [1.54, 1.807) is 0 Å². The fraction of sp³-hybridized carbons (Fsp3) is 0.636. The smallest absolute Gasteiger partial charge is 0.0976 e. The summed E-state index contributed by atoms with van der Waals surface area (Å²) >= 11 is 13.4. The second-order valence-electron chi connectivity index (χ2n) is 3.89. The topological polar surface area (TPSA) is 12.0 Å². The van der Waals surface area contributed by atoms with E-state index in [2.05, 4.69) is 12.2 Å². The molecular formula is C11H17Cl2NS. The van der Waals surface area contributed by atoms with Crippen LogP contribution in [0.2, 0.25) is 8.67 Å². The van der Waals surface area contributed by atoms with E-state index < -0.39 is 0 Å². The highest BCUT2D eigenvalue weighted by atomic mass is 35.5. The number of nitrogens with one attached hydrogen (secondary N) is 1. The average molecular weight is 266 g/mol. The van der Waals surface area contributed by atoms with Crippen LogP contribution in [-0.4, -0.2) is 13.6 Å². The second-order valence-corrected chi connectivity index (χ2v) is 6.17. The minimum atomic E-state index is 0.729. The maximum absolute atomic E-state index is 6.05. The number of hydrogen-bond acceptors (Lipinski definition) is 2. The number of aryl methyl sites for hydroxylation is 1. The molecule has 1 unspecified atom stereocenters. The molecule has 0 saturated carbocycles. The fourth-order valence-corrected chi connectivity index (χ4v) is 3.03. The Balaban J connectivity index is 2.33. The third-order valence-corrected chi connectivity index (χ3v) is 4.09. The highest BCUT2D eigenvalue weighted by Gasteiger charge is 2.08. The second kappa shape index (κ2) is 6.74. The van der Waals surface area contributed by atoms with Crippen molar-refractivity contribution in [1.82, 2.24) is 5.32 Å². The van der Waals surface area contributed by atoms with Crippen LogP contribution in [-0.2, 0) is 6.42 Å². The van der Waals surface area contributed by atoms with Gasteiger partial charge < -0.3 is 5.32 Å². The maximum Gasteiger partial charge on any atom is 0.0976 e. The van der Waals surface area contributed by atoms with Gasteiger partial charge in [-0.15, -0.1) is 11.3 Å². The van der Waals surface area contributed by atoms with Gasteiger partial charge in [0.05, 0.1) is 8.67 Å². The zero-order chi connectivity index (χ0) is 11.3. The summed E-state index contributed by atoms with van der Waals surface area (Å²) in [5, 5.41) is 3.17. The quantitative estimate of drug-likeness (QED) is 0.812. The molecule has 0 saturated heterocycles. The van der Waals surface area contributed by atoms with E-state index in [1.807, 2.05) is 13.1 Å². The molecule has 1 aromatic heterocycles.